The smallest absolute Gasteiger partial charge is 0.304 e. The van der Waals surface area contributed by atoms with Crippen LogP contribution >= 0.6 is 0 Å². The molecule has 1 rings (SSSR count). The third-order valence-corrected chi connectivity index (χ3v) is 2.71. The lowest BCUT2D eigenvalue weighted by Gasteiger charge is -2.27. The van der Waals surface area contributed by atoms with E-state index in [9.17, 15) is 9.59 Å². The lowest BCUT2D eigenvalue weighted by Crippen LogP contribution is -2.39. The zero-order chi connectivity index (χ0) is 13.9. The quantitative estimate of drug-likeness (QED) is 0.871. The summed E-state index contributed by atoms with van der Waals surface area (Å²) in [5, 5.41) is 8.78. The number of rotatable bonds is 5. The molecule has 1 aromatic rings. The number of carboxylic acid groups (broad SMARTS) is 1. The molecule has 0 bridgehead atoms. The first-order valence-electron chi connectivity index (χ1n) is 5.75. The highest BCUT2D eigenvalue weighted by molar-refractivity contribution is 5.86. The molecule has 1 aromatic heterocycles. The lowest BCUT2D eigenvalue weighted by molar-refractivity contribution is -0.148. The molecule has 18 heavy (non-hydrogen) atoms. The van der Waals surface area contributed by atoms with Gasteiger partial charge < -0.3 is 14.4 Å². The summed E-state index contributed by atoms with van der Waals surface area (Å²) in [6.07, 6.45) is -0.187. The molecule has 0 unspecified atom stereocenters. The standard InChI is InChI=1S/C13H19NO4/c1-9-5-6-10(18-9)8-14(4)12(17)13(2,3)7-11(15)16/h5-6H,7-8H2,1-4H3,(H,15,16). The molecular weight excluding hydrogens is 234 g/mol. The Balaban J connectivity index is 2.68. The van der Waals surface area contributed by atoms with Gasteiger partial charge >= 0.3 is 5.97 Å². The number of carboxylic acids is 1. The maximum atomic E-state index is 12.1. The third kappa shape index (κ3) is 3.61. The Morgan fingerprint density at radius 1 is 1.39 bits per heavy atom. The van der Waals surface area contributed by atoms with E-state index in [0.717, 1.165) is 5.76 Å². The summed E-state index contributed by atoms with van der Waals surface area (Å²) in [5.41, 5.74) is -0.914. The highest BCUT2D eigenvalue weighted by Gasteiger charge is 2.33. The van der Waals surface area contributed by atoms with E-state index in [4.69, 9.17) is 9.52 Å². The van der Waals surface area contributed by atoms with Crippen molar-refractivity contribution in [2.24, 2.45) is 5.41 Å². The zero-order valence-corrected chi connectivity index (χ0v) is 11.2. The minimum atomic E-state index is -0.976. The summed E-state index contributed by atoms with van der Waals surface area (Å²) in [5.74, 6) is 0.291. The molecule has 0 aliphatic carbocycles. The fraction of sp³-hybridized carbons (Fsp3) is 0.538. The van der Waals surface area contributed by atoms with Gasteiger partial charge in [0.25, 0.3) is 0 Å². The molecule has 0 saturated heterocycles. The Morgan fingerprint density at radius 2 is 2.00 bits per heavy atom. The molecule has 0 fully saturated rings. The second kappa shape index (κ2) is 5.25. The van der Waals surface area contributed by atoms with E-state index in [0.29, 0.717) is 12.3 Å². The van der Waals surface area contributed by atoms with Gasteiger partial charge in [-0.2, -0.15) is 0 Å². The van der Waals surface area contributed by atoms with Crippen molar-refractivity contribution in [1.82, 2.24) is 4.90 Å². The first-order valence-corrected chi connectivity index (χ1v) is 5.75. The molecule has 0 spiro atoms. The van der Waals surface area contributed by atoms with E-state index >= 15 is 0 Å². The number of aliphatic carboxylic acids is 1. The molecule has 1 N–H and O–H groups in total. The molecular formula is C13H19NO4. The van der Waals surface area contributed by atoms with Gasteiger partial charge in [-0.1, -0.05) is 13.8 Å². The van der Waals surface area contributed by atoms with Gasteiger partial charge in [0, 0.05) is 7.05 Å². The largest absolute Gasteiger partial charge is 0.481 e. The summed E-state index contributed by atoms with van der Waals surface area (Å²) in [4.78, 5) is 24.3. The number of nitrogens with zero attached hydrogens (tertiary/aromatic N) is 1. The minimum absolute atomic E-state index is 0.187. The van der Waals surface area contributed by atoms with Crippen LogP contribution in [-0.4, -0.2) is 28.9 Å². The van der Waals surface area contributed by atoms with Crippen molar-refractivity contribution < 1.29 is 19.1 Å². The molecule has 0 radical (unpaired) electrons. The van der Waals surface area contributed by atoms with Gasteiger partial charge in [0.1, 0.15) is 11.5 Å². The van der Waals surface area contributed by atoms with Crippen molar-refractivity contribution in [2.45, 2.75) is 33.7 Å². The fourth-order valence-electron chi connectivity index (χ4n) is 1.85. The van der Waals surface area contributed by atoms with Crippen molar-refractivity contribution in [1.29, 1.82) is 0 Å². The SMILES string of the molecule is Cc1ccc(CN(C)C(=O)C(C)(C)CC(=O)O)o1. The first-order chi connectivity index (χ1) is 8.22. The maximum absolute atomic E-state index is 12.1. The van der Waals surface area contributed by atoms with Gasteiger partial charge in [-0.05, 0) is 19.1 Å². The second-order valence-electron chi connectivity index (χ2n) is 5.13. The molecule has 1 heterocycles. The Hall–Kier alpha value is -1.78. The van der Waals surface area contributed by atoms with Gasteiger partial charge in [0.2, 0.25) is 5.91 Å². The van der Waals surface area contributed by atoms with Crippen LogP contribution in [0.25, 0.3) is 0 Å². The van der Waals surface area contributed by atoms with Crippen LogP contribution in [0.4, 0.5) is 0 Å². The molecule has 100 valence electrons. The number of aryl methyl sites for hydroxylation is 1. The van der Waals surface area contributed by atoms with Gasteiger partial charge in [0.05, 0.1) is 18.4 Å². The van der Waals surface area contributed by atoms with Crippen LogP contribution in [-0.2, 0) is 16.1 Å². The summed E-state index contributed by atoms with van der Waals surface area (Å²) in [7, 11) is 1.64. The Kier molecular flexibility index (Phi) is 4.16. The van der Waals surface area contributed by atoms with Crippen molar-refractivity contribution >= 4 is 11.9 Å². The summed E-state index contributed by atoms with van der Waals surface area (Å²) in [6, 6.07) is 3.64. The number of carbonyl (C=O) groups is 2. The van der Waals surface area contributed by atoms with Crippen LogP contribution < -0.4 is 0 Å². The van der Waals surface area contributed by atoms with Crippen LogP contribution in [0.5, 0.6) is 0 Å². The summed E-state index contributed by atoms with van der Waals surface area (Å²) in [6.45, 7) is 5.44. The molecule has 5 heteroatoms. The summed E-state index contributed by atoms with van der Waals surface area (Å²) >= 11 is 0. The van der Waals surface area contributed by atoms with Crippen LogP contribution in [0.3, 0.4) is 0 Å². The van der Waals surface area contributed by atoms with Gasteiger partial charge in [-0.15, -0.1) is 0 Å². The number of carbonyl (C=O) groups excluding carboxylic acids is 1. The number of hydrogen-bond donors (Lipinski definition) is 1. The van der Waals surface area contributed by atoms with Crippen LogP contribution in [0.2, 0.25) is 0 Å². The van der Waals surface area contributed by atoms with Crippen molar-refractivity contribution in [3.05, 3.63) is 23.7 Å². The number of hydrogen-bond acceptors (Lipinski definition) is 3. The normalized spacial score (nSPS) is 11.3. The van der Waals surface area contributed by atoms with Crippen molar-refractivity contribution in [3.63, 3.8) is 0 Å². The molecule has 1 amide bonds. The topological polar surface area (TPSA) is 70.8 Å². The average Bonchev–Trinajstić information content (AvgIpc) is 2.60. The van der Waals surface area contributed by atoms with Crippen LogP contribution in [0.1, 0.15) is 31.8 Å². The third-order valence-electron chi connectivity index (χ3n) is 2.71. The van der Waals surface area contributed by atoms with Crippen molar-refractivity contribution in [2.75, 3.05) is 7.05 Å². The Morgan fingerprint density at radius 3 is 2.44 bits per heavy atom. The van der Waals surface area contributed by atoms with E-state index in [1.807, 2.05) is 19.1 Å². The van der Waals surface area contributed by atoms with Crippen LogP contribution in [0, 0.1) is 12.3 Å². The predicted molar refractivity (Wildman–Crippen MR) is 66.0 cm³/mol. The highest BCUT2D eigenvalue weighted by atomic mass is 16.4. The second-order valence-corrected chi connectivity index (χ2v) is 5.13. The Bertz CT molecular complexity index is 448. The molecule has 0 aromatic carbocycles. The average molecular weight is 253 g/mol. The number of amides is 1. The van der Waals surface area contributed by atoms with Crippen LogP contribution in [0.15, 0.2) is 16.5 Å². The molecule has 5 nitrogen and oxygen atoms in total. The Labute approximate surface area is 106 Å². The van der Waals surface area contributed by atoms with E-state index in [2.05, 4.69) is 0 Å². The minimum Gasteiger partial charge on any atom is -0.481 e. The molecule has 0 saturated carbocycles. The van der Waals surface area contributed by atoms with Gasteiger partial charge in [-0.3, -0.25) is 9.59 Å². The summed E-state index contributed by atoms with van der Waals surface area (Å²) < 4.78 is 5.39. The van der Waals surface area contributed by atoms with Gasteiger partial charge in [-0.25, -0.2) is 0 Å². The van der Waals surface area contributed by atoms with E-state index in [1.54, 1.807) is 20.9 Å². The lowest BCUT2D eigenvalue weighted by atomic mass is 9.88. The first kappa shape index (κ1) is 14.3. The highest BCUT2D eigenvalue weighted by Crippen LogP contribution is 2.24. The predicted octanol–water partition coefficient (Wildman–Crippen LogP) is 2.05. The van der Waals surface area contributed by atoms with E-state index in [-0.39, 0.29) is 12.3 Å². The molecule has 0 atom stereocenters. The zero-order valence-electron chi connectivity index (χ0n) is 11.2. The molecule has 0 aliphatic rings. The van der Waals surface area contributed by atoms with E-state index in [1.165, 1.54) is 4.90 Å². The maximum Gasteiger partial charge on any atom is 0.304 e. The van der Waals surface area contributed by atoms with Gasteiger partial charge in [0.15, 0.2) is 0 Å². The number of furan rings is 1. The fourth-order valence-corrected chi connectivity index (χ4v) is 1.85. The molecule has 0 aliphatic heterocycles. The van der Waals surface area contributed by atoms with E-state index < -0.39 is 11.4 Å². The monoisotopic (exact) mass is 253 g/mol. The van der Waals surface area contributed by atoms with Crippen molar-refractivity contribution in [3.8, 4) is 0 Å².